The molecular weight excluding hydrogens is 379 g/mol. The normalized spacial score (nSPS) is 12.1. The summed E-state index contributed by atoms with van der Waals surface area (Å²) >= 11 is 12.1. The molecule has 2 aromatic carbocycles. The lowest BCUT2D eigenvalue weighted by Crippen LogP contribution is -2.02. The Bertz CT molecular complexity index is 896. The van der Waals surface area contributed by atoms with E-state index in [1.165, 1.54) is 0 Å². The van der Waals surface area contributed by atoms with Gasteiger partial charge in [-0.1, -0.05) is 34.5 Å². The quantitative estimate of drug-likeness (QED) is 0.684. The van der Waals surface area contributed by atoms with E-state index >= 15 is 0 Å². The van der Waals surface area contributed by atoms with E-state index in [1.54, 1.807) is 29.1 Å². The van der Waals surface area contributed by atoms with Crippen LogP contribution in [0.3, 0.4) is 0 Å². The Balaban J connectivity index is 1.70. The van der Waals surface area contributed by atoms with Crippen molar-refractivity contribution in [2.75, 3.05) is 11.6 Å². The molecule has 3 aromatic rings. The lowest BCUT2D eigenvalue weighted by Gasteiger charge is -2.09. The van der Waals surface area contributed by atoms with Crippen LogP contribution in [0, 0.1) is 0 Å². The zero-order chi connectivity index (χ0) is 17.8. The number of rotatable bonds is 6. The van der Waals surface area contributed by atoms with Crippen molar-refractivity contribution in [2.45, 2.75) is 12.3 Å². The molecule has 130 valence electrons. The highest BCUT2D eigenvalue weighted by molar-refractivity contribution is 7.83. The smallest absolute Gasteiger partial charge is 0.102 e. The van der Waals surface area contributed by atoms with Crippen LogP contribution in [-0.2, 0) is 23.1 Å². The van der Waals surface area contributed by atoms with Crippen molar-refractivity contribution in [3.63, 3.8) is 0 Å². The lowest BCUT2D eigenvalue weighted by atomic mass is 10.2. The van der Waals surface area contributed by atoms with Gasteiger partial charge in [0.25, 0.3) is 0 Å². The molecule has 0 aliphatic rings. The van der Waals surface area contributed by atoms with Crippen LogP contribution in [0.4, 0.5) is 5.69 Å². The first-order valence-corrected chi connectivity index (χ1v) is 9.99. The van der Waals surface area contributed by atoms with Crippen LogP contribution in [0.1, 0.15) is 11.3 Å². The molecule has 0 amide bonds. The lowest BCUT2D eigenvalue weighted by molar-refractivity contribution is 0.686. The Morgan fingerprint density at radius 3 is 2.64 bits per heavy atom. The summed E-state index contributed by atoms with van der Waals surface area (Å²) in [5.74, 6) is 0.499. The summed E-state index contributed by atoms with van der Waals surface area (Å²) in [6, 6.07) is 13.0. The SMILES string of the molecule is C[S@@](=O)Cc1ccc(Cl)c(NCc2cn(-c3ccc(Cl)cc3)nn2)c1. The summed E-state index contributed by atoms with van der Waals surface area (Å²) in [5, 5.41) is 12.8. The third-order valence-electron chi connectivity index (χ3n) is 3.49. The van der Waals surface area contributed by atoms with Crippen LogP contribution < -0.4 is 5.32 Å². The first-order chi connectivity index (χ1) is 12.0. The second kappa shape index (κ2) is 7.99. The maximum absolute atomic E-state index is 11.4. The van der Waals surface area contributed by atoms with Crippen molar-refractivity contribution < 1.29 is 4.21 Å². The molecule has 0 saturated carbocycles. The predicted octanol–water partition coefficient (Wildman–Crippen LogP) is 4.06. The second-order valence-electron chi connectivity index (χ2n) is 5.52. The topological polar surface area (TPSA) is 59.8 Å². The number of aromatic nitrogens is 3. The average Bonchev–Trinajstić information content (AvgIpc) is 3.04. The van der Waals surface area contributed by atoms with E-state index in [0.29, 0.717) is 22.3 Å². The first kappa shape index (κ1) is 17.9. The van der Waals surface area contributed by atoms with Gasteiger partial charge in [-0.25, -0.2) is 4.68 Å². The zero-order valence-corrected chi connectivity index (χ0v) is 15.8. The summed E-state index contributed by atoms with van der Waals surface area (Å²) in [7, 11) is -0.897. The highest BCUT2D eigenvalue weighted by atomic mass is 35.5. The highest BCUT2D eigenvalue weighted by Crippen LogP contribution is 2.24. The van der Waals surface area contributed by atoms with E-state index in [1.807, 2.05) is 30.5 Å². The Hall–Kier alpha value is -1.89. The summed E-state index contributed by atoms with van der Waals surface area (Å²) in [6.07, 6.45) is 3.52. The minimum absolute atomic E-state index is 0.478. The van der Waals surface area contributed by atoms with E-state index in [-0.39, 0.29) is 0 Å². The highest BCUT2D eigenvalue weighted by Gasteiger charge is 2.06. The Morgan fingerprint density at radius 2 is 1.92 bits per heavy atom. The second-order valence-corrected chi connectivity index (χ2v) is 7.79. The molecule has 1 heterocycles. The minimum Gasteiger partial charge on any atom is -0.378 e. The molecule has 1 atom stereocenters. The van der Waals surface area contributed by atoms with Gasteiger partial charge in [0.05, 0.1) is 29.1 Å². The maximum Gasteiger partial charge on any atom is 0.102 e. The van der Waals surface area contributed by atoms with Crippen LogP contribution in [0.25, 0.3) is 5.69 Å². The number of nitrogens with one attached hydrogen (secondary N) is 1. The Kier molecular flexibility index (Phi) is 5.73. The summed E-state index contributed by atoms with van der Waals surface area (Å²) in [6.45, 7) is 0.478. The predicted molar refractivity (Wildman–Crippen MR) is 103 cm³/mol. The number of halogens is 2. The van der Waals surface area contributed by atoms with Gasteiger partial charge in [0.2, 0.25) is 0 Å². The van der Waals surface area contributed by atoms with Gasteiger partial charge in [-0.15, -0.1) is 5.10 Å². The fourth-order valence-electron chi connectivity index (χ4n) is 2.32. The number of hydrogen-bond acceptors (Lipinski definition) is 4. The van der Waals surface area contributed by atoms with E-state index in [0.717, 1.165) is 22.6 Å². The monoisotopic (exact) mass is 394 g/mol. The molecule has 0 spiro atoms. The molecule has 1 N–H and O–H groups in total. The van der Waals surface area contributed by atoms with Gasteiger partial charge in [-0.2, -0.15) is 0 Å². The first-order valence-electron chi connectivity index (χ1n) is 7.51. The molecule has 0 bridgehead atoms. The van der Waals surface area contributed by atoms with Crippen molar-refractivity contribution in [2.24, 2.45) is 0 Å². The number of nitrogens with zero attached hydrogens (tertiary/aromatic N) is 3. The number of hydrogen-bond donors (Lipinski definition) is 1. The third kappa shape index (κ3) is 4.81. The molecule has 0 aliphatic carbocycles. The van der Waals surface area contributed by atoms with Crippen molar-refractivity contribution in [1.82, 2.24) is 15.0 Å². The van der Waals surface area contributed by atoms with Gasteiger partial charge in [-0.05, 0) is 42.0 Å². The molecule has 0 saturated heterocycles. The van der Waals surface area contributed by atoms with Gasteiger partial charge in [-0.3, -0.25) is 4.21 Å². The summed E-state index contributed by atoms with van der Waals surface area (Å²) in [5.41, 5.74) is 3.41. The average molecular weight is 395 g/mol. The molecule has 0 aliphatic heterocycles. The molecule has 0 radical (unpaired) electrons. The standard InChI is InChI=1S/C17H16Cl2N4OS/c1-25(24)11-12-2-7-16(19)17(8-12)20-9-14-10-23(22-21-14)15-5-3-13(18)4-6-15/h2-8,10,20H,9,11H2,1H3/t25-/m1/s1. The maximum atomic E-state index is 11.4. The largest absolute Gasteiger partial charge is 0.378 e. The Labute approximate surface area is 158 Å². The van der Waals surface area contributed by atoms with Crippen LogP contribution in [0.5, 0.6) is 0 Å². The molecular formula is C17H16Cl2N4OS. The van der Waals surface area contributed by atoms with Crippen LogP contribution >= 0.6 is 23.2 Å². The molecule has 25 heavy (non-hydrogen) atoms. The number of benzene rings is 2. The minimum atomic E-state index is -0.897. The van der Waals surface area contributed by atoms with E-state index in [9.17, 15) is 4.21 Å². The van der Waals surface area contributed by atoms with Gasteiger partial charge >= 0.3 is 0 Å². The molecule has 0 fully saturated rings. The van der Waals surface area contributed by atoms with Crippen LogP contribution in [0.15, 0.2) is 48.7 Å². The van der Waals surface area contributed by atoms with Crippen molar-refractivity contribution >= 4 is 39.7 Å². The molecule has 3 rings (SSSR count). The van der Waals surface area contributed by atoms with Gasteiger partial charge in [0.1, 0.15) is 5.69 Å². The van der Waals surface area contributed by atoms with Crippen molar-refractivity contribution in [3.05, 3.63) is 70.0 Å². The van der Waals surface area contributed by atoms with Gasteiger partial charge in [0.15, 0.2) is 0 Å². The summed E-state index contributed by atoms with van der Waals surface area (Å²) in [4.78, 5) is 0. The molecule has 0 unspecified atom stereocenters. The van der Waals surface area contributed by atoms with E-state index in [4.69, 9.17) is 23.2 Å². The van der Waals surface area contributed by atoms with Crippen molar-refractivity contribution in [1.29, 1.82) is 0 Å². The third-order valence-corrected chi connectivity index (χ3v) is 4.81. The molecule has 5 nitrogen and oxygen atoms in total. The Morgan fingerprint density at radius 1 is 1.16 bits per heavy atom. The van der Waals surface area contributed by atoms with Crippen molar-refractivity contribution in [3.8, 4) is 5.69 Å². The summed E-state index contributed by atoms with van der Waals surface area (Å²) < 4.78 is 13.1. The fraction of sp³-hybridized carbons (Fsp3) is 0.176. The van der Waals surface area contributed by atoms with Gasteiger partial charge < -0.3 is 5.32 Å². The van der Waals surface area contributed by atoms with Gasteiger partial charge in [0, 0.05) is 27.8 Å². The zero-order valence-electron chi connectivity index (χ0n) is 13.4. The fourth-order valence-corrected chi connectivity index (χ4v) is 3.28. The van der Waals surface area contributed by atoms with E-state index in [2.05, 4.69) is 15.6 Å². The molecule has 8 heteroatoms. The van der Waals surface area contributed by atoms with Crippen LogP contribution in [0.2, 0.25) is 10.0 Å². The number of anilines is 1. The van der Waals surface area contributed by atoms with Crippen LogP contribution in [-0.4, -0.2) is 25.5 Å². The van der Waals surface area contributed by atoms with E-state index < -0.39 is 10.8 Å². The molecule has 1 aromatic heterocycles.